The molecule has 94 valence electrons. The standard InChI is InChI=1S/C13H19ClN2S/c1-9-10(2)17-6-5-16(9)8-11-3-4-12(15)7-13(11)14/h3-4,7,9-10H,5-6,8,15H2,1-2H3. The Morgan fingerprint density at radius 2 is 2.24 bits per heavy atom. The number of hydrogen-bond acceptors (Lipinski definition) is 3. The van der Waals surface area contributed by atoms with Crippen molar-refractivity contribution in [2.45, 2.75) is 31.7 Å². The van der Waals surface area contributed by atoms with E-state index in [2.05, 4.69) is 30.5 Å². The maximum absolute atomic E-state index is 6.22. The average Bonchev–Trinajstić information content (AvgIpc) is 2.28. The van der Waals surface area contributed by atoms with Crippen LogP contribution in [0, 0.1) is 0 Å². The van der Waals surface area contributed by atoms with Crippen molar-refractivity contribution >= 4 is 29.1 Å². The molecule has 0 spiro atoms. The first-order valence-corrected chi connectivity index (χ1v) is 7.40. The molecule has 2 nitrogen and oxygen atoms in total. The van der Waals surface area contributed by atoms with Gasteiger partial charge in [0.1, 0.15) is 0 Å². The monoisotopic (exact) mass is 270 g/mol. The fraction of sp³-hybridized carbons (Fsp3) is 0.538. The lowest BCUT2D eigenvalue weighted by atomic mass is 10.1. The van der Waals surface area contributed by atoms with Crippen molar-refractivity contribution in [2.75, 3.05) is 18.0 Å². The second kappa shape index (κ2) is 5.51. The van der Waals surface area contributed by atoms with E-state index in [-0.39, 0.29) is 0 Å². The van der Waals surface area contributed by atoms with Crippen LogP contribution in [0.25, 0.3) is 0 Å². The van der Waals surface area contributed by atoms with Crippen molar-refractivity contribution in [3.05, 3.63) is 28.8 Å². The van der Waals surface area contributed by atoms with E-state index < -0.39 is 0 Å². The van der Waals surface area contributed by atoms with Crippen LogP contribution in [0.15, 0.2) is 18.2 Å². The number of nitrogens with zero attached hydrogens (tertiary/aromatic N) is 1. The van der Waals surface area contributed by atoms with Crippen LogP contribution in [-0.2, 0) is 6.54 Å². The maximum atomic E-state index is 6.22. The molecule has 1 heterocycles. The second-order valence-corrected chi connectivity index (χ2v) is 6.53. The number of thioether (sulfide) groups is 1. The van der Waals surface area contributed by atoms with Crippen LogP contribution < -0.4 is 5.73 Å². The number of benzene rings is 1. The summed E-state index contributed by atoms with van der Waals surface area (Å²) in [6, 6.07) is 6.40. The SMILES string of the molecule is CC1SCCN(Cc2ccc(N)cc2Cl)C1C. The summed E-state index contributed by atoms with van der Waals surface area (Å²) < 4.78 is 0. The first kappa shape index (κ1) is 13.1. The van der Waals surface area contributed by atoms with Gasteiger partial charge in [-0.2, -0.15) is 11.8 Å². The Kier molecular flexibility index (Phi) is 4.23. The fourth-order valence-electron chi connectivity index (χ4n) is 2.13. The van der Waals surface area contributed by atoms with Gasteiger partial charge in [-0.3, -0.25) is 4.90 Å². The van der Waals surface area contributed by atoms with E-state index in [1.165, 1.54) is 11.3 Å². The molecule has 2 unspecified atom stereocenters. The van der Waals surface area contributed by atoms with Crippen molar-refractivity contribution in [1.82, 2.24) is 4.90 Å². The Morgan fingerprint density at radius 1 is 1.47 bits per heavy atom. The van der Waals surface area contributed by atoms with E-state index >= 15 is 0 Å². The van der Waals surface area contributed by atoms with Gasteiger partial charge in [-0.15, -0.1) is 0 Å². The van der Waals surface area contributed by atoms with Gasteiger partial charge in [0.05, 0.1) is 0 Å². The van der Waals surface area contributed by atoms with Crippen molar-refractivity contribution < 1.29 is 0 Å². The Hall–Kier alpha value is -0.380. The minimum absolute atomic E-state index is 0.599. The van der Waals surface area contributed by atoms with Crippen LogP contribution in [0.2, 0.25) is 5.02 Å². The Balaban J connectivity index is 2.09. The molecule has 0 radical (unpaired) electrons. The van der Waals surface area contributed by atoms with Gasteiger partial charge < -0.3 is 5.73 Å². The molecule has 0 saturated carbocycles. The summed E-state index contributed by atoms with van der Waals surface area (Å²) in [5, 5.41) is 1.47. The molecule has 2 atom stereocenters. The van der Waals surface area contributed by atoms with Crippen molar-refractivity contribution in [1.29, 1.82) is 0 Å². The van der Waals surface area contributed by atoms with Gasteiger partial charge in [0.2, 0.25) is 0 Å². The lowest BCUT2D eigenvalue weighted by Gasteiger charge is -2.37. The average molecular weight is 271 g/mol. The Morgan fingerprint density at radius 3 is 2.94 bits per heavy atom. The van der Waals surface area contributed by atoms with Crippen LogP contribution in [0.4, 0.5) is 5.69 Å². The van der Waals surface area contributed by atoms with Crippen molar-refractivity contribution in [3.8, 4) is 0 Å². The normalized spacial score (nSPS) is 26.1. The molecular weight excluding hydrogens is 252 g/mol. The Labute approximate surface area is 113 Å². The third kappa shape index (κ3) is 3.09. The molecular formula is C13H19ClN2S. The lowest BCUT2D eigenvalue weighted by molar-refractivity contribution is 0.204. The molecule has 1 saturated heterocycles. The second-order valence-electron chi connectivity index (χ2n) is 4.64. The highest BCUT2D eigenvalue weighted by Gasteiger charge is 2.25. The maximum Gasteiger partial charge on any atom is 0.0471 e. The topological polar surface area (TPSA) is 29.3 Å². The molecule has 1 aromatic carbocycles. The zero-order valence-corrected chi connectivity index (χ0v) is 11.9. The molecule has 0 aromatic heterocycles. The van der Waals surface area contributed by atoms with Gasteiger partial charge in [0, 0.05) is 40.8 Å². The molecule has 0 bridgehead atoms. The largest absolute Gasteiger partial charge is 0.399 e. The van der Waals surface area contributed by atoms with Crippen LogP contribution in [0.5, 0.6) is 0 Å². The quantitative estimate of drug-likeness (QED) is 0.837. The number of hydrogen-bond donors (Lipinski definition) is 1. The van der Waals surface area contributed by atoms with E-state index in [1.807, 2.05) is 18.2 Å². The first-order valence-electron chi connectivity index (χ1n) is 5.97. The van der Waals surface area contributed by atoms with Gasteiger partial charge >= 0.3 is 0 Å². The zero-order chi connectivity index (χ0) is 12.4. The summed E-state index contributed by atoms with van der Waals surface area (Å²) >= 11 is 8.27. The summed E-state index contributed by atoms with van der Waals surface area (Å²) in [5.74, 6) is 1.21. The highest BCUT2D eigenvalue weighted by molar-refractivity contribution is 8.00. The molecule has 0 aliphatic carbocycles. The van der Waals surface area contributed by atoms with E-state index in [0.29, 0.717) is 11.3 Å². The molecule has 0 amide bonds. The van der Waals surface area contributed by atoms with Crippen LogP contribution >= 0.6 is 23.4 Å². The molecule has 17 heavy (non-hydrogen) atoms. The molecule has 1 aromatic rings. The predicted octanol–water partition coefficient (Wildman–Crippen LogP) is 3.25. The third-order valence-electron chi connectivity index (χ3n) is 3.47. The first-order chi connectivity index (χ1) is 8.08. The number of halogens is 1. The summed E-state index contributed by atoms with van der Waals surface area (Å²) in [6.45, 7) is 6.65. The van der Waals surface area contributed by atoms with Gasteiger partial charge in [-0.05, 0) is 24.6 Å². The molecule has 2 N–H and O–H groups in total. The summed E-state index contributed by atoms with van der Waals surface area (Å²) in [5.41, 5.74) is 7.61. The summed E-state index contributed by atoms with van der Waals surface area (Å²) in [7, 11) is 0. The zero-order valence-electron chi connectivity index (χ0n) is 10.3. The molecule has 1 aliphatic rings. The van der Waals surface area contributed by atoms with E-state index in [4.69, 9.17) is 17.3 Å². The number of rotatable bonds is 2. The van der Waals surface area contributed by atoms with Crippen molar-refractivity contribution in [3.63, 3.8) is 0 Å². The predicted molar refractivity (Wildman–Crippen MR) is 77.7 cm³/mol. The fourth-order valence-corrected chi connectivity index (χ4v) is 3.54. The van der Waals surface area contributed by atoms with E-state index in [9.17, 15) is 0 Å². The smallest absolute Gasteiger partial charge is 0.0471 e. The van der Waals surface area contributed by atoms with Gasteiger partial charge in [0.25, 0.3) is 0 Å². The summed E-state index contributed by atoms with van der Waals surface area (Å²) in [6.07, 6.45) is 0. The van der Waals surface area contributed by atoms with E-state index in [1.54, 1.807) is 0 Å². The van der Waals surface area contributed by atoms with Crippen LogP contribution in [0.1, 0.15) is 19.4 Å². The number of anilines is 1. The highest BCUT2D eigenvalue weighted by atomic mass is 35.5. The van der Waals surface area contributed by atoms with Crippen LogP contribution in [0.3, 0.4) is 0 Å². The van der Waals surface area contributed by atoms with Crippen LogP contribution in [-0.4, -0.2) is 28.5 Å². The number of nitrogens with two attached hydrogens (primary N) is 1. The summed E-state index contributed by atoms with van der Waals surface area (Å²) in [4.78, 5) is 2.50. The van der Waals surface area contributed by atoms with Crippen molar-refractivity contribution in [2.24, 2.45) is 0 Å². The third-order valence-corrected chi connectivity index (χ3v) is 5.15. The van der Waals surface area contributed by atoms with Gasteiger partial charge in [-0.1, -0.05) is 24.6 Å². The highest BCUT2D eigenvalue weighted by Crippen LogP contribution is 2.27. The lowest BCUT2D eigenvalue weighted by Crippen LogP contribution is -2.43. The molecule has 1 aliphatic heterocycles. The minimum atomic E-state index is 0.599. The molecule has 4 heteroatoms. The number of nitrogen functional groups attached to an aromatic ring is 1. The minimum Gasteiger partial charge on any atom is -0.399 e. The molecule has 1 fully saturated rings. The van der Waals surface area contributed by atoms with E-state index in [0.717, 1.165) is 23.8 Å². The van der Waals surface area contributed by atoms with Gasteiger partial charge in [-0.25, -0.2) is 0 Å². The Bertz CT molecular complexity index is 397. The van der Waals surface area contributed by atoms with Gasteiger partial charge in [0.15, 0.2) is 0 Å². The molecule has 2 rings (SSSR count).